The van der Waals surface area contributed by atoms with Gasteiger partial charge >= 0.3 is 0 Å². The summed E-state index contributed by atoms with van der Waals surface area (Å²) in [7, 11) is -4.25. The Bertz CT molecular complexity index is 1430. The molecule has 0 fully saturated rings. The minimum absolute atomic E-state index is 0.0113. The van der Waals surface area contributed by atoms with E-state index in [-0.39, 0.29) is 29.6 Å². The minimum atomic E-state index is -4.25. The Labute approximate surface area is 252 Å². The first-order valence-electron chi connectivity index (χ1n) is 13.9. The monoisotopic (exact) mass is 615 g/mol. The van der Waals surface area contributed by atoms with E-state index in [2.05, 4.69) is 5.32 Å². The lowest BCUT2D eigenvalue weighted by atomic mass is 10.1. The molecule has 1 atom stereocenters. The number of hydrogen-bond donors (Lipinski definition) is 1. The average Bonchev–Trinajstić information content (AvgIpc) is 3.00. The van der Waals surface area contributed by atoms with E-state index < -0.39 is 34.3 Å². The second kappa shape index (κ2) is 15.6. The molecule has 0 aliphatic heterocycles. The third-order valence-corrected chi connectivity index (χ3v) is 9.08. The number of para-hydroxylation sites is 2. The van der Waals surface area contributed by atoms with Crippen molar-refractivity contribution < 1.29 is 27.1 Å². The van der Waals surface area contributed by atoms with Crippen molar-refractivity contribution in [2.75, 3.05) is 30.3 Å². The van der Waals surface area contributed by atoms with Crippen LogP contribution < -0.4 is 14.4 Å². The molecule has 0 saturated heterocycles. The Morgan fingerprint density at radius 2 is 1.64 bits per heavy atom. The fraction of sp³-hybridized carbons (Fsp3) is 0.355. The summed E-state index contributed by atoms with van der Waals surface area (Å²) in [5.41, 5.74) is 0.801. The molecule has 0 radical (unpaired) electrons. The van der Waals surface area contributed by atoms with Crippen molar-refractivity contribution in [3.05, 3.63) is 84.2 Å². The smallest absolute Gasteiger partial charge is 0.264 e. The van der Waals surface area contributed by atoms with Crippen LogP contribution in [0.2, 0.25) is 0 Å². The summed E-state index contributed by atoms with van der Waals surface area (Å²) in [6.07, 6.45) is 2.90. The highest BCUT2D eigenvalue weighted by Crippen LogP contribution is 2.33. The Kier molecular flexibility index (Phi) is 12.2. The van der Waals surface area contributed by atoms with Crippen LogP contribution in [0.4, 0.5) is 10.1 Å². The molecule has 3 aromatic rings. The molecule has 226 valence electrons. The lowest BCUT2D eigenvalue weighted by Gasteiger charge is -2.33. The van der Waals surface area contributed by atoms with Gasteiger partial charge in [0, 0.05) is 18.0 Å². The van der Waals surface area contributed by atoms with Crippen LogP contribution in [0, 0.1) is 5.82 Å². The predicted molar refractivity (Wildman–Crippen MR) is 165 cm³/mol. The maximum absolute atomic E-state index is 14.1. The number of ether oxygens (including phenoxy) is 1. The zero-order valence-corrected chi connectivity index (χ0v) is 26.0. The molecular weight excluding hydrogens is 577 g/mol. The van der Waals surface area contributed by atoms with Gasteiger partial charge in [0.05, 0.1) is 17.2 Å². The van der Waals surface area contributed by atoms with Crippen molar-refractivity contribution >= 4 is 39.3 Å². The summed E-state index contributed by atoms with van der Waals surface area (Å²) in [5.74, 6) is -1.06. The molecule has 0 unspecified atom stereocenters. The summed E-state index contributed by atoms with van der Waals surface area (Å²) in [5, 5.41) is 2.84. The number of nitrogens with zero attached hydrogens (tertiary/aromatic N) is 2. The number of anilines is 1. The molecule has 2 amide bonds. The molecule has 0 aromatic heterocycles. The molecule has 3 rings (SSSR count). The van der Waals surface area contributed by atoms with Crippen molar-refractivity contribution in [1.82, 2.24) is 10.2 Å². The van der Waals surface area contributed by atoms with Crippen molar-refractivity contribution in [1.29, 1.82) is 0 Å². The molecule has 0 bridgehead atoms. The van der Waals surface area contributed by atoms with Crippen LogP contribution in [-0.2, 0) is 26.2 Å². The fourth-order valence-corrected chi connectivity index (χ4v) is 6.23. The van der Waals surface area contributed by atoms with E-state index in [1.54, 1.807) is 62.4 Å². The van der Waals surface area contributed by atoms with Crippen molar-refractivity contribution in [2.45, 2.75) is 56.0 Å². The van der Waals surface area contributed by atoms with Gasteiger partial charge < -0.3 is 15.0 Å². The quantitative estimate of drug-likeness (QED) is 0.228. The van der Waals surface area contributed by atoms with Crippen LogP contribution in [0.3, 0.4) is 0 Å². The van der Waals surface area contributed by atoms with E-state index >= 15 is 0 Å². The lowest BCUT2D eigenvalue weighted by Crippen LogP contribution is -2.52. The highest BCUT2D eigenvalue weighted by Gasteiger charge is 2.34. The van der Waals surface area contributed by atoms with Crippen LogP contribution >= 0.6 is 11.8 Å². The van der Waals surface area contributed by atoms with E-state index in [1.165, 1.54) is 40.9 Å². The number of sulfonamides is 1. The normalized spacial score (nSPS) is 11.9. The zero-order chi connectivity index (χ0) is 30.7. The predicted octanol–water partition coefficient (Wildman–Crippen LogP) is 5.48. The van der Waals surface area contributed by atoms with Gasteiger partial charge in [0.2, 0.25) is 11.8 Å². The van der Waals surface area contributed by atoms with Gasteiger partial charge in [-0.3, -0.25) is 13.9 Å². The van der Waals surface area contributed by atoms with E-state index in [0.717, 1.165) is 9.20 Å². The summed E-state index contributed by atoms with van der Waals surface area (Å²) in [6, 6.07) is 17.8. The summed E-state index contributed by atoms with van der Waals surface area (Å²) >= 11 is 1.48. The number of amides is 2. The number of thioether (sulfide) groups is 1. The Hall–Kier alpha value is -3.57. The molecule has 0 aliphatic rings. The highest BCUT2D eigenvalue weighted by molar-refractivity contribution is 7.98. The number of carbonyl (C=O) groups is 2. The van der Waals surface area contributed by atoms with E-state index in [9.17, 15) is 22.4 Å². The molecule has 3 aromatic carbocycles. The van der Waals surface area contributed by atoms with Crippen molar-refractivity contribution in [3.63, 3.8) is 0 Å². The number of halogens is 1. The van der Waals surface area contributed by atoms with E-state index in [4.69, 9.17) is 4.74 Å². The molecule has 0 aliphatic carbocycles. The second-order valence-corrected chi connectivity index (χ2v) is 12.2. The van der Waals surface area contributed by atoms with Gasteiger partial charge in [-0.05, 0) is 80.1 Å². The van der Waals surface area contributed by atoms with Gasteiger partial charge in [-0.1, -0.05) is 38.1 Å². The standard InChI is InChI=1S/C31H38FN3O5S2/c1-5-20-33-31(37)27(6-2)34(21-23-12-14-24(32)15-13-23)30(36)22-35(28-10-8-9-11-29(28)40-7-3)42(38,39)26-18-16-25(41-4)17-19-26/h8-19,27H,5-7,20-22H2,1-4H3,(H,33,37)/t27-/m0/s1. The maximum Gasteiger partial charge on any atom is 0.264 e. The molecule has 0 spiro atoms. The molecule has 11 heteroatoms. The summed E-state index contributed by atoms with van der Waals surface area (Å²) < 4.78 is 48.7. The number of rotatable bonds is 15. The number of nitrogens with one attached hydrogen (secondary N) is 1. The first kappa shape index (κ1) is 32.9. The lowest BCUT2D eigenvalue weighted by molar-refractivity contribution is -0.140. The fourth-order valence-electron chi connectivity index (χ4n) is 4.40. The summed E-state index contributed by atoms with van der Waals surface area (Å²) in [4.78, 5) is 29.6. The highest BCUT2D eigenvalue weighted by atomic mass is 32.2. The van der Waals surface area contributed by atoms with Crippen molar-refractivity contribution in [3.8, 4) is 5.75 Å². The summed E-state index contributed by atoms with van der Waals surface area (Å²) in [6.45, 7) is 5.61. The number of benzene rings is 3. The minimum Gasteiger partial charge on any atom is -0.492 e. The van der Waals surface area contributed by atoms with E-state index in [0.29, 0.717) is 30.7 Å². The molecule has 1 N–H and O–H groups in total. The molecule has 0 heterocycles. The number of carbonyl (C=O) groups excluding carboxylic acids is 2. The molecular formula is C31H38FN3O5S2. The largest absolute Gasteiger partial charge is 0.492 e. The molecule has 42 heavy (non-hydrogen) atoms. The van der Waals surface area contributed by atoms with Gasteiger partial charge in [0.25, 0.3) is 10.0 Å². The third-order valence-electron chi connectivity index (χ3n) is 6.56. The van der Waals surface area contributed by atoms with Crippen LogP contribution in [0.5, 0.6) is 5.75 Å². The van der Waals surface area contributed by atoms with Crippen LogP contribution in [0.25, 0.3) is 0 Å². The van der Waals surface area contributed by atoms with Crippen LogP contribution in [0.15, 0.2) is 82.6 Å². The molecule has 0 saturated carbocycles. The Morgan fingerprint density at radius 1 is 0.976 bits per heavy atom. The van der Waals surface area contributed by atoms with Crippen molar-refractivity contribution in [2.24, 2.45) is 0 Å². The van der Waals surface area contributed by atoms with Gasteiger partial charge in [-0.25, -0.2) is 12.8 Å². The molecule has 8 nitrogen and oxygen atoms in total. The van der Waals surface area contributed by atoms with Gasteiger partial charge in [0.1, 0.15) is 24.2 Å². The first-order chi connectivity index (χ1) is 20.2. The average molecular weight is 616 g/mol. The topological polar surface area (TPSA) is 96.0 Å². The van der Waals surface area contributed by atoms with Gasteiger partial charge in [-0.15, -0.1) is 11.8 Å². The third kappa shape index (κ3) is 8.25. The number of hydrogen-bond acceptors (Lipinski definition) is 6. The first-order valence-corrected chi connectivity index (χ1v) is 16.5. The van der Waals surface area contributed by atoms with Crippen LogP contribution in [-0.4, -0.2) is 57.1 Å². The Balaban J connectivity index is 2.10. The zero-order valence-electron chi connectivity index (χ0n) is 24.4. The second-order valence-electron chi connectivity index (χ2n) is 9.45. The van der Waals surface area contributed by atoms with E-state index in [1.807, 2.05) is 13.2 Å². The van der Waals surface area contributed by atoms with Gasteiger partial charge in [-0.2, -0.15) is 0 Å². The maximum atomic E-state index is 14.1. The Morgan fingerprint density at radius 3 is 2.24 bits per heavy atom. The SMILES string of the molecule is CCCNC(=O)[C@H](CC)N(Cc1ccc(F)cc1)C(=O)CN(c1ccccc1OCC)S(=O)(=O)c1ccc(SC)cc1. The van der Waals surface area contributed by atoms with Gasteiger partial charge in [0.15, 0.2) is 0 Å². The van der Waals surface area contributed by atoms with Crippen LogP contribution in [0.1, 0.15) is 39.2 Å².